The molecule has 0 aliphatic carbocycles. The Bertz CT molecular complexity index is 1060. The molecule has 3 aromatic rings. The van der Waals surface area contributed by atoms with Crippen molar-refractivity contribution in [2.24, 2.45) is 0 Å². The molecule has 3 rings (SSSR count). The second-order valence-electron chi connectivity index (χ2n) is 5.99. The van der Waals surface area contributed by atoms with Crippen LogP contribution in [0.15, 0.2) is 81.8 Å². The molecule has 0 aliphatic heterocycles. The lowest BCUT2D eigenvalue weighted by atomic mass is 10.0. The van der Waals surface area contributed by atoms with Gasteiger partial charge in [-0.15, -0.1) is 0 Å². The molecule has 0 saturated heterocycles. The highest BCUT2D eigenvalue weighted by molar-refractivity contribution is 9.10. The lowest BCUT2D eigenvalue weighted by molar-refractivity contribution is -0.137. The number of ketones is 1. The van der Waals surface area contributed by atoms with Crippen LogP contribution in [0.3, 0.4) is 0 Å². The maximum Gasteiger partial charge on any atom is 0.416 e. The predicted molar refractivity (Wildman–Crippen MR) is 112 cm³/mol. The van der Waals surface area contributed by atoms with Crippen LogP contribution in [0.1, 0.15) is 21.5 Å². The monoisotopic (exact) mass is 508 g/mol. The summed E-state index contributed by atoms with van der Waals surface area (Å²) in [6.45, 7) is 0. The van der Waals surface area contributed by atoms with E-state index in [-0.39, 0.29) is 5.78 Å². The van der Waals surface area contributed by atoms with Crippen LogP contribution in [-0.4, -0.2) is 5.78 Å². The van der Waals surface area contributed by atoms with Crippen molar-refractivity contribution in [2.75, 3.05) is 0 Å². The molecule has 6 heteroatoms. The molecule has 3 aromatic carbocycles. The Morgan fingerprint density at radius 1 is 0.821 bits per heavy atom. The van der Waals surface area contributed by atoms with Crippen LogP contribution < -0.4 is 0 Å². The van der Waals surface area contributed by atoms with Crippen molar-refractivity contribution in [3.63, 3.8) is 0 Å². The van der Waals surface area contributed by atoms with Crippen molar-refractivity contribution < 1.29 is 18.0 Å². The van der Waals surface area contributed by atoms with Gasteiger partial charge in [0.2, 0.25) is 0 Å². The molecule has 0 spiro atoms. The zero-order chi connectivity index (χ0) is 20.3. The second-order valence-corrected chi connectivity index (χ2v) is 7.70. The van der Waals surface area contributed by atoms with Crippen molar-refractivity contribution in [3.05, 3.63) is 98.4 Å². The first-order valence-corrected chi connectivity index (χ1v) is 9.78. The summed E-state index contributed by atoms with van der Waals surface area (Å²) in [4.78, 5) is 12.3. The van der Waals surface area contributed by atoms with Crippen molar-refractivity contribution in [2.45, 2.75) is 6.18 Å². The van der Waals surface area contributed by atoms with E-state index in [0.29, 0.717) is 25.6 Å². The molecule has 0 radical (unpaired) electrons. The van der Waals surface area contributed by atoms with Crippen LogP contribution in [0.2, 0.25) is 0 Å². The van der Waals surface area contributed by atoms with E-state index in [1.54, 1.807) is 48.5 Å². The summed E-state index contributed by atoms with van der Waals surface area (Å²) in [6, 6.07) is 17.5. The minimum Gasteiger partial charge on any atom is -0.289 e. The Morgan fingerprint density at radius 3 is 2.21 bits per heavy atom. The predicted octanol–water partition coefficient (Wildman–Crippen LogP) is 7.79. The molecule has 0 saturated carbocycles. The highest BCUT2D eigenvalue weighted by Gasteiger charge is 2.30. The maximum absolute atomic E-state index is 12.9. The second kappa shape index (κ2) is 8.45. The van der Waals surface area contributed by atoms with Gasteiger partial charge in [0.15, 0.2) is 5.78 Å². The summed E-state index contributed by atoms with van der Waals surface area (Å²) >= 11 is 6.78. The van der Waals surface area contributed by atoms with Gasteiger partial charge in [-0.1, -0.05) is 68.3 Å². The molecule has 0 fully saturated rings. The summed E-state index contributed by atoms with van der Waals surface area (Å²) < 4.78 is 40.1. The highest BCUT2D eigenvalue weighted by atomic mass is 79.9. The van der Waals surface area contributed by atoms with Crippen LogP contribution >= 0.6 is 31.9 Å². The summed E-state index contributed by atoms with van der Waals surface area (Å²) in [5.41, 5.74) is 1.72. The summed E-state index contributed by atoms with van der Waals surface area (Å²) in [5, 5.41) is 0. The lowest BCUT2D eigenvalue weighted by Gasteiger charge is -2.10. The molecular weight excluding hydrogens is 497 g/mol. The van der Waals surface area contributed by atoms with Gasteiger partial charge in [-0.25, -0.2) is 0 Å². The van der Waals surface area contributed by atoms with E-state index in [1.807, 2.05) is 6.07 Å². The fourth-order valence-electron chi connectivity index (χ4n) is 2.63. The van der Waals surface area contributed by atoms with Gasteiger partial charge in [0, 0.05) is 14.5 Å². The van der Waals surface area contributed by atoms with Crippen molar-refractivity contribution in [1.29, 1.82) is 0 Å². The number of benzene rings is 3. The Balaban J connectivity index is 1.85. The fourth-order valence-corrected chi connectivity index (χ4v) is 3.62. The standard InChI is InChI=1S/C22H13Br2F3O/c23-19-7-2-1-6-18(19)21(28)11-10-14-8-9-16(13-20(14)24)15-4-3-5-17(12-15)22(25,26)27/h1-13H/b11-10+. The Morgan fingerprint density at radius 2 is 1.54 bits per heavy atom. The summed E-state index contributed by atoms with van der Waals surface area (Å²) in [7, 11) is 0. The van der Waals surface area contributed by atoms with E-state index in [2.05, 4.69) is 31.9 Å². The number of alkyl halides is 3. The molecule has 0 N–H and O–H groups in total. The van der Waals surface area contributed by atoms with E-state index in [1.165, 1.54) is 12.1 Å². The third kappa shape index (κ3) is 4.80. The van der Waals surface area contributed by atoms with Gasteiger partial charge in [0.05, 0.1) is 5.56 Å². The molecule has 0 aliphatic rings. The van der Waals surface area contributed by atoms with Gasteiger partial charge < -0.3 is 0 Å². The Hall–Kier alpha value is -2.18. The van der Waals surface area contributed by atoms with Gasteiger partial charge in [-0.05, 0) is 59.2 Å². The largest absolute Gasteiger partial charge is 0.416 e. The number of carbonyl (C=O) groups is 1. The van der Waals surface area contributed by atoms with E-state index in [0.717, 1.165) is 17.7 Å². The molecule has 0 heterocycles. The number of hydrogen-bond acceptors (Lipinski definition) is 1. The number of rotatable bonds is 4. The number of carbonyl (C=O) groups excluding carboxylic acids is 1. The molecule has 0 bridgehead atoms. The summed E-state index contributed by atoms with van der Waals surface area (Å²) in [5.74, 6) is -0.152. The van der Waals surface area contributed by atoms with Crippen LogP contribution in [0, 0.1) is 0 Å². The molecule has 0 aromatic heterocycles. The maximum atomic E-state index is 12.9. The normalized spacial score (nSPS) is 11.8. The molecule has 0 unspecified atom stereocenters. The van der Waals surface area contributed by atoms with Gasteiger partial charge in [0.25, 0.3) is 0 Å². The Labute approximate surface area is 177 Å². The zero-order valence-corrected chi connectivity index (χ0v) is 17.5. The van der Waals surface area contributed by atoms with Gasteiger partial charge in [-0.2, -0.15) is 13.2 Å². The van der Waals surface area contributed by atoms with E-state index in [9.17, 15) is 18.0 Å². The molecule has 0 amide bonds. The molecule has 0 atom stereocenters. The van der Waals surface area contributed by atoms with Gasteiger partial charge >= 0.3 is 6.18 Å². The number of allylic oxidation sites excluding steroid dienone is 1. The van der Waals surface area contributed by atoms with Gasteiger partial charge in [0.1, 0.15) is 0 Å². The van der Waals surface area contributed by atoms with Gasteiger partial charge in [-0.3, -0.25) is 4.79 Å². The van der Waals surface area contributed by atoms with Crippen LogP contribution in [0.25, 0.3) is 17.2 Å². The first-order chi connectivity index (χ1) is 13.3. The van der Waals surface area contributed by atoms with Crippen molar-refractivity contribution >= 4 is 43.7 Å². The number of halogens is 5. The molecule has 1 nitrogen and oxygen atoms in total. The molecule has 142 valence electrons. The molecular formula is C22H13Br2F3O. The van der Waals surface area contributed by atoms with Crippen molar-refractivity contribution in [1.82, 2.24) is 0 Å². The van der Waals surface area contributed by atoms with Crippen LogP contribution in [0.4, 0.5) is 13.2 Å². The lowest BCUT2D eigenvalue weighted by Crippen LogP contribution is -2.04. The van der Waals surface area contributed by atoms with Crippen LogP contribution in [-0.2, 0) is 6.18 Å². The molecule has 28 heavy (non-hydrogen) atoms. The van der Waals surface area contributed by atoms with E-state index in [4.69, 9.17) is 0 Å². The highest BCUT2D eigenvalue weighted by Crippen LogP contribution is 2.33. The van der Waals surface area contributed by atoms with E-state index < -0.39 is 11.7 Å². The minimum absolute atomic E-state index is 0.152. The topological polar surface area (TPSA) is 17.1 Å². The smallest absolute Gasteiger partial charge is 0.289 e. The SMILES string of the molecule is O=C(/C=C/c1ccc(-c2cccc(C(F)(F)F)c2)cc1Br)c1ccccc1Br. The quantitative estimate of drug-likeness (QED) is 0.259. The summed E-state index contributed by atoms with van der Waals surface area (Å²) in [6.07, 6.45) is -1.26. The minimum atomic E-state index is -4.39. The average molecular weight is 510 g/mol. The first-order valence-electron chi connectivity index (χ1n) is 8.20. The third-order valence-corrected chi connectivity index (χ3v) is 5.46. The third-order valence-electron chi connectivity index (χ3n) is 4.08. The fraction of sp³-hybridized carbons (Fsp3) is 0.0455. The first kappa shape index (κ1) is 20.6. The zero-order valence-electron chi connectivity index (χ0n) is 14.3. The Kier molecular flexibility index (Phi) is 6.20. The van der Waals surface area contributed by atoms with Crippen molar-refractivity contribution in [3.8, 4) is 11.1 Å². The van der Waals surface area contributed by atoms with Crippen LogP contribution in [0.5, 0.6) is 0 Å². The average Bonchev–Trinajstić information content (AvgIpc) is 2.66. The number of hydrogen-bond donors (Lipinski definition) is 0. The van der Waals surface area contributed by atoms with E-state index >= 15 is 0 Å².